The van der Waals surface area contributed by atoms with Crippen molar-refractivity contribution < 1.29 is 14.7 Å². The normalized spacial score (nSPS) is 28.9. The molecule has 2 heterocycles. The van der Waals surface area contributed by atoms with Crippen molar-refractivity contribution in [2.75, 3.05) is 27.2 Å². The van der Waals surface area contributed by atoms with Gasteiger partial charge >= 0.3 is 5.97 Å². The van der Waals surface area contributed by atoms with Gasteiger partial charge in [0.15, 0.2) is 0 Å². The predicted molar refractivity (Wildman–Crippen MR) is 98.6 cm³/mol. The second-order valence-electron chi connectivity index (χ2n) is 8.13. The van der Waals surface area contributed by atoms with Gasteiger partial charge in [0, 0.05) is 32.1 Å². The molecule has 0 bridgehead atoms. The van der Waals surface area contributed by atoms with Gasteiger partial charge in [-0.1, -0.05) is 6.07 Å². The Morgan fingerprint density at radius 1 is 1.27 bits per heavy atom. The van der Waals surface area contributed by atoms with E-state index in [0.717, 1.165) is 37.9 Å². The minimum absolute atomic E-state index is 0.0502. The van der Waals surface area contributed by atoms with E-state index < -0.39 is 5.97 Å². The zero-order valence-electron chi connectivity index (χ0n) is 15.8. The first-order chi connectivity index (χ1) is 12.4. The fourth-order valence-electron chi connectivity index (χ4n) is 4.71. The number of hydrogen-bond acceptors (Lipinski definition) is 4. The van der Waals surface area contributed by atoms with E-state index in [1.54, 1.807) is 0 Å². The third-order valence-corrected chi connectivity index (χ3v) is 6.36. The molecule has 142 valence electrons. The van der Waals surface area contributed by atoms with E-state index in [9.17, 15) is 9.59 Å². The van der Waals surface area contributed by atoms with Crippen molar-refractivity contribution in [3.05, 3.63) is 30.1 Å². The average Bonchev–Trinajstić information content (AvgIpc) is 2.91. The zero-order valence-corrected chi connectivity index (χ0v) is 15.8. The Balaban J connectivity index is 1.67. The molecule has 1 amide bonds. The fourth-order valence-corrected chi connectivity index (χ4v) is 4.71. The summed E-state index contributed by atoms with van der Waals surface area (Å²) in [6.45, 7) is 1.34. The molecule has 6 nitrogen and oxygen atoms in total. The third-order valence-electron chi connectivity index (χ3n) is 6.36. The molecule has 26 heavy (non-hydrogen) atoms. The van der Waals surface area contributed by atoms with Crippen molar-refractivity contribution in [3.8, 4) is 0 Å². The summed E-state index contributed by atoms with van der Waals surface area (Å²) in [6.07, 6.45) is 7.11. The summed E-state index contributed by atoms with van der Waals surface area (Å²) in [5.74, 6) is -0.610. The smallest absolute Gasteiger partial charge is 0.303 e. The lowest BCUT2D eigenvalue weighted by Gasteiger charge is -2.48. The first-order valence-electron chi connectivity index (χ1n) is 9.45. The topological polar surface area (TPSA) is 73.7 Å². The standard InChI is InChI=1S/C20H29N3O3/c1-22(2)20(16-6-3-4-12-21-16)10-8-19(9-11-20)14-17(24)23(15-19)13-5-7-18(25)26/h3-4,6,12H,5,7-11,13-15H2,1-2H3,(H,25,26)/t19-,20+. The Morgan fingerprint density at radius 3 is 2.58 bits per heavy atom. The summed E-state index contributed by atoms with van der Waals surface area (Å²) in [4.78, 5) is 31.9. The molecule has 2 fully saturated rings. The van der Waals surface area contributed by atoms with Crippen molar-refractivity contribution in [1.29, 1.82) is 0 Å². The molecule has 1 saturated carbocycles. The SMILES string of the molecule is CN(C)[C@]1(c2ccccn2)CC[C@]2(CC1)CC(=O)N(CCCC(=O)O)C2. The highest BCUT2D eigenvalue weighted by Crippen LogP contribution is 2.51. The number of carboxylic acid groups (broad SMARTS) is 1. The number of carbonyl (C=O) groups is 2. The Bertz CT molecular complexity index is 652. The molecule has 1 aromatic heterocycles. The number of amides is 1. The van der Waals surface area contributed by atoms with Gasteiger partial charge in [-0.3, -0.25) is 19.5 Å². The van der Waals surface area contributed by atoms with E-state index in [4.69, 9.17) is 5.11 Å². The largest absolute Gasteiger partial charge is 0.481 e. The van der Waals surface area contributed by atoms with E-state index in [-0.39, 0.29) is 23.3 Å². The molecular formula is C20H29N3O3. The second kappa shape index (κ2) is 7.35. The summed E-state index contributed by atoms with van der Waals surface area (Å²) in [6, 6.07) is 6.10. The Morgan fingerprint density at radius 2 is 2.00 bits per heavy atom. The van der Waals surface area contributed by atoms with Gasteiger partial charge < -0.3 is 10.0 Å². The Kier molecular flexibility index (Phi) is 5.32. The number of carboxylic acids is 1. The van der Waals surface area contributed by atoms with Crippen LogP contribution in [0.5, 0.6) is 0 Å². The van der Waals surface area contributed by atoms with Crippen molar-refractivity contribution in [2.24, 2.45) is 5.41 Å². The van der Waals surface area contributed by atoms with Crippen LogP contribution in [0.15, 0.2) is 24.4 Å². The lowest BCUT2D eigenvalue weighted by molar-refractivity contribution is -0.137. The minimum Gasteiger partial charge on any atom is -0.481 e. The van der Waals surface area contributed by atoms with Crippen molar-refractivity contribution in [3.63, 3.8) is 0 Å². The molecule has 0 radical (unpaired) electrons. The summed E-state index contributed by atoms with van der Waals surface area (Å²) in [7, 11) is 4.23. The maximum absolute atomic E-state index is 12.4. The van der Waals surface area contributed by atoms with Gasteiger partial charge in [-0.25, -0.2) is 0 Å². The Labute approximate surface area is 155 Å². The van der Waals surface area contributed by atoms with E-state index in [0.29, 0.717) is 19.4 Å². The van der Waals surface area contributed by atoms with Crippen LogP contribution in [0.4, 0.5) is 0 Å². The minimum atomic E-state index is -0.796. The van der Waals surface area contributed by atoms with Crippen LogP contribution < -0.4 is 0 Å². The lowest BCUT2D eigenvalue weighted by Crippen LogP contribution is -2.48. The summed E-state index contributed by atoms with van der Waals surface area (Å²) in [5, 5.41) is 8.80. The van der Waals surface area contributed by atoms with Gasteiger partial charge in [0.2, 0.25) is 5.91 Å². The maximum Gasteiger partial charge on any atom is 0.303 e. The molecule has 0 unspecified atom stereocenters. The molecule has 1 N–H and O–H groups in total. The number of likely N-dealkylation sites (tertiary alicyclic amines) is 1. The number of rotatable bonds is 6. The lowest BCUT2D eigenvalue weighted by atomic mass is 9.65. The summed E-state index contributed by atoms with van der Waals surface area (Å²) >= 11 is 0. The first-order valence-corrected chi connectivity index (χ1v) is 9.45. The van der Waals surface area contributed by atoms with Crippen LogP contribution in [0.25, 0.3) is 0 Å². The molecule has 6 heteroatoms. The van der Waals surface area contributed by atoms with Crippen molar-refractivity contribution in [2.45, 2.75) is 50.5 Å². The average molecular weight is 359 g/mol. The zero-order chi connectivity index (χ0) is 18.8. The molecule has 1 aromatic rings. The van der Waals surface area contributed by atoms with E-state index in [2.05, 4.69) is 30.0 Å². The molecule has 1 spiro atoms. The molecule has 3 rings (SSSR count). The quantitative estimate of drug-likeness (QED) is 0.845. The van der Waals surface area contributed by atoms with Crippen molar-refractivity contribution >= 4 is 11.9 Å². The van der Waals surface area contributed by atoms with Gasteiger partial charge in [-0.05, 0) is 63.7 Å². The monoisotopic (exact) mass is 359 g/mol. The van der Waals surface area contributed by atoms with Crippen LogP contribution in [-0.2, 0) is 15.1 Å². The number of aromatic nitrogens is 1. The molecule has 1 saturated heterocycles. The third kappa shape index (κ3) is 3.61. The van der Waals surface area contributed by atoms with Crippen LogP contribution >= 0.6 is 0 Å². The van der Waals surface area contributed by atoms with Crippen molar-refractivity contribution in [1.82, 2.24) is 14.8 Å². The number of aliphatic carboxylic acids is 1. The Hall–Kier alpha value is -1.95. The van der Waals surface area contributed by atoms with Crippen LogP contribution in [0.3, 0.4) is 0 Å². The predicted octanol–water partition coefficient (Wildman–Crippen LogP) is 2.50. The van der Waals surface area contributed by atoms with E-state index in [1.807, 2.05) is 23.2 Å². The summed E-state index contributed by atoms with van der Waals surface area (Å²) < 4.78 is 0. The molecule has 1 aliphatic heterocycles. The fraction of sp³-hybridized carbons (Fsp3) is 0.650. The van der Waals surface area contributed by atoms with Gasteiger partial charge in [-0.2, -0.15) is 0 Å². The van der Waals surface area contributed by atoms with Crippen LogP contribution in [-0.4, -0.2) is 59.0 Å². The first kappa shape index (κ1) is 18.8. The number of hydrogen-bond donors (Lipinski definition) is 1. The van der Waals surface area contributed by atoms with Gasteiger partial charge in [0.25, 0.3) is 0 Å². The van der Waals surface area contributed by atoms with Crippen LogP contribution in [0, 0.1) is 5.41 Å². The van der Waals surface area contributed by atoms with Gasteiger partial charge in [-0.15, -0.1) is 0 Å². The molecule has 2 aliphatic rings. The van der Waals surface area contributed by atoms with Crippen LogP contribution in [0.2, 0.25) is 0 Å². The maximum atomic E-state index is 12.4. The summed E-state index contributed by atoms with van der Waals surface area (Å²) in [5.41, 5.74) is 1.10. The van der Waals surface area contributed by atoms with E-state index >= 15 is 0 Å². The van der Waals surface area contributed by atoms with Gasteiger partial charge in [0.1, 0.15) is 0 Å². The van der Waals surface area contributed by atoms with Gasteiger partial charge in [0.05, 0.1) is 11.2 Å². The molecule has 0 aromatic carbocycles. The molecule has 1 aliphatic carbocycles. The highest BCUT2D eigenvalue weighted by Gasteiger charge is 2.50. The molecule has 0 atom stereocenters. The highest BCUT2D eigenvalue weighted by molar-refractivity contribution is 5.79. The number of pyridine rings is 1. The number of carbonyl (C=O) groups excluding carboxylic acids is 1. The second-order valence-corrected chi connectivity index (χ2v) is 8.13. The number of nitrogens with zero attached hydrogens (tertiary/aromatic N) is 3. The van der Waals surface area contributed by atoms with Crippen LogP contribution in [0.1, 0.15) is 50.6 Å². The highest BCUT2D eigenvalue weighted by atomic mass is 16.4. The molecular weight excluding hydrogens is 330 g/mol. The van der Waals surface area contributed by atoms with E-state index in [1.165, 1.54) is 0 Å².